The number of aromatic nitrogens is 2. The minimum absolute atomic E-state index is 0.154. The number of rotatable bonds is 9. The molecule has 2 aromatic carbocycles. The van der Waals surface area contributed by atoms with E-state index in [4.69, 9.17) is 14.6 Å². The molecule has 0 aliphatic heterocycles. The predicted molar refractivity (Wildman–Crippen MR) is 146 cm³/mol. The van der Waals surface area contributed by atoms with Gasteiger partial charge in [0.25, 0.3) is 0 Å². The largest absolute Gasteiger partial charge is 0.497 e. The van der Waals surface area contributed by atoms with Crippen molar-refractivity contribution >= 4 is 23.4 Å². The number of ether oxygens (including phenoxy) is 2. The van der Waals surface area contributed by atoms with Gasteiger partial charge in [0.05, 0.1) is 25.1 Å². The molecule has 3 aromatic rings. The van der Waals surface area contributed by atoms with Crippen molar-refractivity contribution in [1.82, 2.24) is 14.7 Å². The summed E-state index contributed by atoms with van der Waals surface area (Å²) in [6.07, 6.45) is 0. The first-order chi connectivity index (χ1) is 17.5. The number of hydrogen-bond acceptors (Lipinski definition) is 5. The highest BCUT2D eigenvalue weighted by atomic mass is 16.5. The third-order valence-corrected chi connectivity index (χ3v) is 5.96. The Kier molecular flexibility index (Phi) is 8.94. The second kappa shape index (κ2) is 11.9. The number of aryl methyl sites for hydroxylation is 2. The van der Waals surface area contributed by atoms with Crippen LogP contribution in [-0.4, -0.2) is 60.5 Å². The minimum atomic E-state index is -0.372. The van der Waals surface area contributed by atoms with Crippen LogP contribution in [0.15, 0.2) is 48.5 Å². The maximum atomic E-state index is 13.2. The molecule has 0 unspecified atom stereocenters. The predicted octanol–water partition coefficient (Wildman–Crippen LogP) is 4.91. The van der Waals surface area contributed by atoms with Gasteiger partial charge in [0.2, 0.25) is 5.91 Å². The van der Waals surface area contributed by atoms with Gasteiger partial charge >= 0.3 is 6.03 Å². The van der Waals surface area contributed by atoms with Crippen LogP contribution in [0.5, 0.6) is 5.75 Å². The van der Waals surface area contributed by atoms with Gasteiger partial charge in [-0.25, -0.2) is 9.48 Å². The van der Waals surface area contributed by atoms with Gasteiger partial charge in [-0.05, 0) is 49.2 Å². The second-order valence-corrected chi connectivity index (χ2v) is 9.93. The van der Waals surface area contributed by atoms with Crippen molar-refractivity contribution in [1.29, 1.82) is 0 Å². The molecule has 37 heavy (non-hydrogen) atoms. The number of para-hydroxylation sites is 1. The number of hydrogen-bond donors (Lipinski definition) is 2. The van der Waals surface area contributed by atoms with Crippen molar-refractivity contribution < 1.29 is 19.1 Å². The zero-order valence-corrected chi connectivity index (χ0v) is 22.7. The number of urea groups is 1. The topological polar surface area (TPSA) is 97.7 Å². The summed E-state index contributed by atoms with van der Waals surface area (Å²) < 4.78 is 12.1. The highest BCUT2D eigenvalue weighted by Gasteiger charge is 2.23. The third kappa shape index (κ3) is 7.10. The highest BCUT2D eigenvalue weighted by molar-refractivity contribution is 5.97. The fourth-order valence-electron chi connectivity index (χ4n) is 3.76. The first-order valence-corrected chi connectivity index (χ1v) is 12.2. The van der Waals surface area contributed by atoms with Crippen molar-refractivity contribution in [2.45, 2.75) is 40.0 Å². The molecule has 1 aromatic heterocycles. The summed E-state index contributed by atoms with van der Waals surface area (Å²) in [5.74, 6) is 0.894. The van der Waals surface area contributed by atoms with Gasteiger partial charge in [-0.2, -0.15) is 5.10 Å². The SMILES string of the molecule is COCCN(CC(=O)Nc1cc(C(C)(C)C)nn1-c1ccc(OC)cc1)C(=O)Nc1c(C)cccc1C. The lowest BCUT2D eigenvalue weighted by molar-refractivity contribution is -0.116. The molecule has 2 N–H and O–H groups in total. The molecule has 0 atom stereocenters. The van der Waals surface area contributed by atoms with Crippen LogP contribution in [0.3, 0.4) is 0 Å². The summed E-state index contributed by atoms with van der Waals surface area (Å²) in [4.78, 5) is 27.8. The Labute approximate surface area is 218 Å². The van der Waals surface area contributed by atoms with Crippen molar-refractivity contribution in [3.63, 3.8) is 0 Å². The zero-order chi connectivity index (χ0) is 27.2. The second-order valence-electron chi connectivity index (χ2n) is 9.93. The number of nitrogens with zero attached hydrogens (tertiary/aromatic N) is 3. The van der Waals surface area contributed by atoms with Crippen LogP contribution in [0.4, 0.5) is 16.3 Å². The molecule has 0 radical (unpaired) electrons. The molecule has 1 heterocycles. The Morgan fingerprint density at radius 2 is 1.65 bits per heavy atom. The van der Waals surface area contributed by atoms with Gasteiger partial charge in [-0.3, -0.25) is 4.79 Å². The summed E-state index contributed by atoms with van der Waals surface area (Å²) in [5, 5.41) is 10.6. The van der Waals surface area contributed by atoms with Gasteiger partial charge in [0.1, 0.15) is 18.1 Å². The maximum Gasteiger partial charge on any atom is 0.322 e. The number of carbonyl (C=O) groups is 2. The standard InChI is InChI=1S/C28H37N5O4/c1-19-9-8-10-20(2)26(19)30-27(35)32(15-16-36-6)18-25(34)29-24-17-23(28(3,4)5)31-33(24)21-11-13-22(37-7)14-12-21/h8-14,17H,15-16,18H2,1-7H3,(H,29,34)(H,30,35). The van der Waals surface area contributed by atoms with Crippen LogP contribution in [-0.2, 0) is 14.9 Å². The molecule has 0 saturated heterocycles. The molecular weight excluding hydrogens is 470 g/mol. The summed E-state index contributed by atoms with van der Waals surface area (Å²) >= 11 is 0. The zero-order valence-electron chi connectivity index (χ0n) is 22.7. The Balaban J connectivity index is 1.83. The van der Waals surface area contributed by atoms with E-state index in [0.29, 0.717) is 12.4 Å². The maximum absolute atomic E-state index is 13.2. The van der Waals surface area contributed by atoms with Gasteiger partial charge in [-0.15, -0.1) is 0 Å². The molecule has 0 saturated carbocycles. The first kappa shape index (κ1) is 27.7. The molecule has 9 heteroatoms. The molecule has 198 valence electrons. The number of nitrogens with one attached hydrogen (secondary N) is 2. The van der Waals surface area contributed by atoms with Crippen LogP contribution >= 0.6 is 0 Å². The lowest BCUT2D eigenvalue weighted by atomic mass is 9.92. The smallest absolute Gasteiger partial charge is 0.322 e. The van der Waals surface area contributed by atoms with Crippen LogP contribution in [0.1, 0.15) is 37.6 Å². The van der Waals surface area contributed by atoms with E-state index in [0.717, 1.165) is 33.9 Å². The number of methoxy groups -OCH3 is 2. The normalized spacial score (nSPS) is 11.2. The Morgan fingerprint density at radius 1 is 1.00 bits per heavy atom. The first-order valence-electron chi connectivity index (χ1n) is 12.2. The molecule has 9 nitrogen and oxygen atoms in total. The number of anilines is 2. The van der Waals surface area contributed by atoms with Crippen LogP contribution < -0.4 is 15.4 Å². The Morgan fingerprint density at radius 3 is 2.22 bits per heavy atom. The van der Waals surface area contributed by atoms with Gasteiger partial charge in [0, 0.05) is 30.8 Å². The number of benzene rings is 2. The van der Waals surface area contributed by atoms with Crippen molar-refractivity contribution in [2.24, 2.45) is 0 Å². The van der Waals surface area contributed by atoms with E-state index in [1.54, 1.807) is 18.9 Å². The average molecular weight is 508 g/mol. The van der Waals surface area contributed by atoms with E-state index in [9.17, 15) is 9.59 Å². The van der Waals surface area contributed by atoms with E-state index in [1.807, 2.05) is 62.4 Å². The molecule has 3 amide bonds. The van der Waals surface area contributed by atoms with Crippen molar-refractivity contribution in [2.75, 3.05) is 44.5 Å². The molecule has 0 fully saturated rings. The Bertz CT molecular complexity index is 1210. The molecule has 0 bridgehead atoms. The van der Waals surface area contributed by atoms with E-state index in [1.165, 1.54) is 4.90 Å². The van der Waals surface area contributed by atoms with Gasteiger partial charge < -0.3 is 25.0 Å². The average Bonchev–Trinajstić information content (AvgIpc) is 3.28. The summed E-state index contributed by atoms with van der Waals surface area (Å²) in [6, 6.07) is 14.7. The van der Waals surface area contributed by atoms with Gasteiger partial charge in [-0.1, -0.05) is 39.0 Å². The van der Waals surface area contributed by atoms with E-state index in [-0.39, 0.29) is 30.4 Å². The van der Waals surface area contributed by atoms with Gasteiger partial charge in [0.15, 0.2) is 0 Å². The van der Waals surface area contributed by atoms with E-state index < -0.39 is 0 Å². The van der Waals surface area contributed by atoms with Crippen molar-refractivity contribution in [3.05, 3.63) is 65.4 Å². The minimum Gasteiger partial charge on any atom is -0.497 e. The van der Waals surface area contributed by atoms with Crippen LogP contribution in [0.2, 0.25) is 0 Å². The van der Waals surface area contributed by atoms with Crippen LogP contribution in [0, 0.1) is 13.8 Å². The molecule has 0 spiro atoms. The molecule has 0 aliphatic rings. The Hall–Kier alpha value is -3.85. The molecule has 3 rings (SSSR count). The highest BCUT2D eigenvalue weighted by Crippen LogP contribution is 2.27. The monoisotopic (exact) mass is 507 g/mol. The quantitative estimate of drug-likeness (QED) is 0.429. The molecule has 0 aliphatic carbocycles. The van der Waals surface area contributed by atoms with Crippen LogP contribution in [0.25, 0.3) is 5.69 Å². The van der Waals surface area contributed by atoms with E-state index in [2.05, 4.69) is 31.4 Å². The molecular formula is C28H37N5O4. The fourth-order valence-corrected chi connectivity index (χ4v) is 3.76. The van der Waals surface area contributed by atoms with E-state index >= 15 is 0 Å². The third-order valence-electron chi connectivity index (χ3n) is 5.96. The number of carbonyl (C=O) groups excluding carboxylic acids is 2. The lowest BCUT2D eigenvalue weighted by Gasteiger charge is -2.23. The summed E-state index contributed by atoms with van der Waals surface area (Å²) in [6.45, 7) is 10.4. The summed E-state index contributed by atoms with van der Waals surface area (Å²) in [5.41, 5.74) is 4.00. The fraction of sp³-hybridized carbons (Fsp3) is 0.393. The summed E-state index contributed by atoms with van der Waals surface area (Å²) in [7, 11) is 3.17. The lowest BCUT2D eigenvalue weighted by Crippen LogP contribution is -2.42. The number of amides is 3. The van der Waals surface area contributed by atoms with Crippen molar-refractivity contribution in [3.8, 4) is 11.4 Å².